The third-order valence-corrected chi connectivity index (χ3v) is 0.761. The standard InChI is InChI=1S/C7H14O/c1-4-5-6-8-7(2)3/h4-5,7H,6H2,1-3H3/b5-4-. The van der Waals surface area contributed by atoms with Crippen LogP contribution in [0.3, 0.4) is 0 Å². The van der Waals surface area contributed by atoms with Crippen molar-refractivity contribution in [2.75, 3.05) is 6.61 Å². The lowest BCUT2D eigenvalue weighted by atomic mass is 10.5. The molecule has 0 spiro atoms. The van der Waals surface area contributed by atoms with Gasteiger partial charge in [-0.1, -0.05) is 12.2 Å². The Kier molecular flexibility index (Phi) is 4.67. The first kappa shape index (κ1) is 7.70. The van der Waals surface area contributed by atoms with Gasteiger partial charge in [-0.15, -0.1) is 0 Å². The molecular weight excluding hydrogens is 100 g/mol. The summed E-state index contributed by atoms with van der Waals surface area (Å²) in [6, 6.07) is 0. The summed E-state index contributed by atoms with van der Waals surface area (Å²) in [5.41, 5.74) is 0. The zero-order valence-corrected chi connectivity index (χ0v) is 5.85. The van der Waals surface area contributed by atoms with E-state index in [2.05, 4.69) is 0 Å². The first-order valence-corrected chi connectivity index (χ1v) is 3.00. The molecule has 0 aliphatic rings. The molecule has 0 amide bonds. The van der Waals surface area contributed by atoms with Crippen molar-refractivity contribution in [2.45, 2.75) is 26.9 Å². The van der Waals surface area contributed by atoms with Gasteiger partial charge in [0.05, 0.1) is 12.7 Å². The van der Waals surface area contributed by atoms with Gasteiger partial charge < -0.3 is 4.74 Å². The molecule has 0 aromatic heterocycles. The predicted molar refractivity (Wildman–Crippen MR) is 35.9 cm³/mol. The van der Waals surface area contributed by atoms with E-state index >= 15 is 0 Å². The van der Waals surface area contributed by atoms with Crippen molar-refractivity contribution in [3.05, 3.63) is 12.2 Å². The van der Waals surface area contributed by atoms with Crippen LogP contribution in [0.5, 0.6) is 0 Å². The van der Waals surface area contributed by atoms with Gasteiger partial charge in [-0.2, -0.15) is 0 Å². The molecule has 1 heteroatoms. The summed E-state index contributed by atoms with van der Waals surface area (Å²) in [6.07, 6.45) is 4.34. The third-order valence-electron chi connectivity index (χ3n) is 0.761. The van der Waals surface area contributed by atoms with Crippen LogP contribution in [0.2, 0.25) is 0 Å². The van der Waals surface area contributed by atoms with Crippen LogP contribution in [0, 0.1) is 0 Å². The van der Waals surface area contributed by atoms with Crippen molar-refractivity contribution in [1.29, 1.82) is 0 Å². The van der Waals surface area contributed by atoms with Crippen molar-refractivity contribution in [3.8, 4) is 0 Å². The molecule has 0 fully saturated rings. The monoisotopic (exact) mass is 114 g/mol. The highest BCUT2D eigenvalue weighted by molar-refractivity contribution is 4.75. The van der Waals surface area contributed by atoms with Crippen LogP contribution in [-0.2, 0) is 4.74 Å². The number of hydrogen-bond donors (Lipinski definition) is 0. The molecule has 0 aliphatic heterocycles. The van der Waals surface area contributed by atoms with E-state index in [1.807, 2.05) is 32.9 Å². The number of ether oxygens (including phenoxy) is 1. The van der Waals surface area contributed by atoms with Crippen molar-refractivity contribution in [3.63, 3.8) is 0 Å². The van der Waals surface area contributed by atoms with Crippen LogP contribution in [0.4, 0.5) is 0 Å². The summed E-state index contributed by atoms with van der Waals surface area (Å²) >= 11 is 0. The highest BCUT2D eigenvalue weighted by atomic mass is 16.5. The molecule has 8 heavy (non-hydrogen) atoms. The second-order valence-electron chi connectivity index (χ2n) is 1.95. The summed E-state index contributed by atoms with van der Waals surface area (Å²) in [5, 5.41) is 0. The lowest BCUT2D eigenvalue weighted by molar-refractivity contribution is 0.102. The van der Waals surface area contributed by atoms with Gasteiger partial charge in [0, 0.05) is 0 Å². The van der Waals surface area contributed by atoms with Crippen molar-refractivity contribution >= 4 is 0 Å². The molecule has 0 saturated heterocycles. The molecule has 0 saturated carbocycles. The maximum atomic E-state index is 5.20. The normalized spacial score (nSPS) is 11.5. The van der Waals surface area contributed by atoms with Gasteiger partial charge >= 0.3 is 0 Å². The Morgan fingerprint density at radius 2 is 2.12 bits per heavy atom. The van der Waals surface area contributed by atoms with Crippen molar-refractivity contribution in [1.82, 2.24) is 0 Å². The summed E-state index contributed by atoms with van der Waals surface area (Å²) in [7, 11) is 0. The van der Waals surface area contributed by atoms with E-state index in [1.54, 1.807) is 0 Å². The highest BCUT2D eigenvalue weighted by Crippen LogP contribution is 1.86. The Balaban J connectivity index is 2.93. The molecule has 48 valence electrons. The Labute approximate surface area is 51.4 Å². The zero-order valence-electron chi connectivity index (χ0n) is 5.85. The first-order valence-electron chi connectivity index (χ1n) is 3.00. The average Bonchev–Trinajstić information content (AvgIpc) is 1.66. The van der Waals surface area contributed by atoms with Gasteiger partial charge in [0.2, 0.25) is 0 Å². The van der Waals surface area contributed by atoms with Crippen LogP contribution in [-0.4, -0.2) is 12.7 Å². The predicted octanol–water partition coefficient (Wildman–Crippen LogP) is 1.99. The Hall–Kier alpha value is -0.300. The minimum Gasteiger partial charge on any atom is -0.375 e. The minimum atomic E-state index is 0.353. The van der Waals surface area contributed by atoms with Gasteiger partial charge in [-0.05, 0) is 20.8 Å². The van der Waals surface area contributed by atoms with Gasteiger partial charge in [0.25, 0.3) is 0 Å². The SMILES string of the molecule is C/C=C\COC(C)C. The molecule has 0 N–H and O–H groups in total. The van der Waals surface area contributed by atoms with E-state index in [-0.39, 0.29) is 0 Å². The van der Waals surface area contributed by atoms with Crippen molar-refractivity contribution in [2.24, 2.45) is 0 Å². The minimum absolute atomic E-state index is 0.353. The fraction of sp³-hybridized carbons (Fsp3) is 0.714. The largest absolute Gasteiger partial charge is 0.375 e. The summed E-state index contributed by atoms with van der Waals surface area (Å²) in [5.74, 6) is 0. The Morgan fingerprint density at radius 1 is 1.50 bits per heavy atom. The Morgan fingerprint density at radius 3 is 2.50 bits per heavy atom. The smallest absolute Gasteiger partial charge is 0.0650 e. The highest BCUT2D eigenvalue weighted by Gasteiger charge is 1.85. The number of hydrogen-bond acceptors (Lipinski definition) is 1. The van der Waals surface area contributed by atoms with Gasteiger partial charge in [0.15, 0.2) is 0 Å². The molecule has 0 aromatic carbocycles. The molecule has 0 aliphatic carbocycles. The van der Waals surface area contributed by atoms with Gasteiger partial charge in [-0.3, -0.25) is 0 Å². The quantitative estimate of drug-likeness (QED) is 0.510. The second-order valence-corrected chi connectivity index (χ2v) is 1.95. The van der Waals surface area contributed by atoms with E-state index < -0.39 is 0 Å². The number of allylic oxidation sites excluding steroid dienone is 1. The third kappa shape index (κ3) is 5.70. The second kappa shape index (κ2) is 4.85. The van der Waals surface area contributed by atoms with Crippen molar-refractivity contribution < 1.29 is 4.74 Å². The van der Waals surface area contributed by atoms with Crippen LogP contribution >= 0.6 is 0 Å². The lowest BCUT2D eigenvalue weighted by Crippen LogP contribution is -2.01. The van der Waals surface area contributed by atoms with E-state index in [0.717, 1.165) is 6.61 Å². The maximum Gasteiger partial charge on any atom is 0.0650 e. The first-order chi connectivity index (χ1) is 3.77. The maximum absolute atomic E-state index is 5.20. The van der Waals surface area contributed by atoms with Gasteiger partial charge in [0.1, 0.15) is 0 Å². The van der Waals surface area contributed by atoms with Gasteiger partial charge in [-0.25, -0.2) is 0 Å². The Bertz CT molecular complexity index is 64.8. The van der Waals surface area contributed by atoms with E-state index in [9.17, 15) is 0 Å². The van der Waals surface area contributed by atoms with Crippen LogP contribution in [0.15, 0.2) is 12.2 Å². The average molecular weight is 114 g/mol. The van der Waals surface area contributed by atoms with E-state index in [4.69, 9.17) is 4.74 Å². The van der Waals surface area contributed by atoms with Crippen LogP contribution in [0.1, 0.15) is 20.8 Å². The molecular formula is C7H14O. The molecule has 0 radical (unpaired) electrons. The lowest BCUT2D eigenvalue weighted by Gasteiger charge is -2.01. The molecule has 0 heterocycles. The van der Waals surface area contributed by atoms with Crippen LogP contribution < -0.4 is 0 Å². The summed E-state index contributed by atoms with van der Waals surface area (Å²) in [4.78, 5) is 0. The fourth-order valence-corrected chi connectivity index (χ4v) is 0.344. The molecule has 0 atom stereocenters. The van der Waals surface area contributed by atoms with E-state index in [0.29, 0.717) is 6.10 Å². The molecule has 1 nitrogen and oxygen atoms in total. The van der Waals surface area contributed by atoms with Crippen LogP contribution in [0.25, 0.3) is 0 Å². The van der Waals surface area contributed by atoms with E-state index in [1.165, 1.54) is 0 Å². The molecule has 0 unspecified atom stereocenters. The fourth-order valence-electron chi connectivity index (χ4n) is 0.344. The summed E-state index contributed by atoms with van der Waals surface area (Å²) in [6.45, 7) is 6.80. The number of rotatable bonds is 3. The topological polar surface area (TPSA) is 9.23 Å². The molecule has 0 rings (SSSR count). The molecule has 0 bridgehead atoms. The summed E-state index contributed by atoms with van der Waals surface area (Å²) < 4.78 is 5.20. The zero-order chi connectivity index (χ0) is 6.41. The molecule has 0 aromatic rings.